The molecule has 1 saturated carbocycles. The highest BCUT2D eigenvalue weighted by molar-refractivity contribution is 5.17. The molecule has 0 spiro atoms. The van der Waals surface area contributed by atoms with Crippen LogP contribution in [0.2, 0.25) is 0 Å². The fourth-order valence-corrected chi connectivity index (χ4v) is 2.74. The topological polar surface area (TPSA) is 12.0 Å². The summed E-state index contributed by atoms with van der Waals surface area (Å²) in [6.07, 6.45) is 6.43. The monoisotopic (exact) mass is 221 g/mol. The largest absolute Gasteiger partial charge is 0.316 e. The first kappa shape index (κ1) is 11.6. The second kappa shape index (κ2) is 5.44. The van der Waals surface area contributed by atoms with E-state index in [1.54, 1.807) is 12.1 Å². The molecule has 88 valence electrons. The highest BCUT2D eigenvalue weighted by atomic mass is 19.1. The van der Waals surface area contributed by atoms with Gasteiger partial charge in [0.2, 0.25) is 0 Å². The normalized spacial score (nSPS) is 18.9. The van der Waals surface area contributed by atoms with Crippen molar-refractivity contribution >= 4 is 0 Å². The van der Waals surface area contributed by atoms with Crippen molar-refractivity contribution in [3.8, 4) is 0 Å². The van der Waals surface area contributed by atoms with Gasteiger partial charge in [0.1, 0.15) is 5.82 Å². The molecule has 1 N–H and O–H groups in total. The Labute approximate surface area is 97.1 Å². The van der Waals surface area contributed by atoms with Crippen molar-refractivity contribution in [2.45, 2.75) is 38.1 Å². The van der Waals surface area contributed by atoms with Crippen LogP contribution in [0.4, 0.5) is 4.39 Å². The van der Waals surface area contributed by atoms with Crippen LogP contribution in [-0.2, 0) is 6.42 Å². The van der Waals surface area contributed by atoms with Gasteiger partial charge >= 0.3 is 0 Å². The molecule has 1 fully saturated rings. The molecule has 2 heteroatoms. The molecule has 1 aliphatic carbocycles. The third kappa shape index (κ3) is 2.82. The third-order valence-electron chi connectivity index (χ3n) is 3.71. The molecule has 1 aliphatic rings. The SMILES string of the molecule is CNC(Cc1ccc(F)cc1)C1CCCC1. The van der Waals surface area contributed by atoms with E-state index in [-0.39, 0.29) is 5.82 Å². The van der Waals surface area contributed by atoms with Crippen LogP contribution in [-0.4, -0.2) is 13.1 Å². The van der Waals surface area contributed by atoms with Crippen LogP contribution in [0.5, 0.6) is 0 Å². The van der Waals surface area contributed by atoms with Gasteiger partial charge in [-0.25, -0.2) is 4.39 Å². The van der Waals surface area contributed by atoms with E-state index in [9.17, 15) is 4.39 Å². The van der Waals surface area contributed by atoms with E-state index in [0.29, 0.717) is 6.04 Å². The molecule has 0 saturated heterocycles. The van der Waals surface area contributed by atoms with Crippen molar-refractivity contribution in [3.05, 3.63) is 35.6 Å². The third-order valence-corrected chi connectivity index (χ3v) is 3.71. The maximum absolute atomic E-state index is 12.8. The fourth-order valence-electron chi connectivity index (χ4n) is 2.74. The van der Waals surface area contributed by atoms with Gasteiger partial charge in [-0.15, -0.1) is 0 Å². The number of halogens is 1. The van der Waals surface area contributed by atoms with Gasteiger partial charge in [0.25, 0.3) is 0 Å². The van der Waals surface area contributed by atoms with Gasteiger partial charge in [-0.1, -0.05) is 25.0 Å². The molecule has 0 heterocycles. The Hall–Kier alpha value is -0.890. The Balaban J connectivity index is 1.97. The zero-order valence-corrected chi connectivity index (χ0v) is 9.88. The summed E-state index contributed by atoms with van der Waals surface area (Å²) in [5.41, 5.74) is 1.23. The van der Waals surface area contributed by atoms with E-state index in [1.165, 1.54) is 31.2 Å². The first-order valence-electron chi connectivity index (χ1n) is 6.21. The summed E-state index contributed by atoms with van der Waals surface area (Å²) in [6.45, 7) is 0. The van der Waals surface area contributed by atoms with Crippen LogP contribution < -0.4 is 5.32 Å². The summed E-state index contributed by atoms with van der Waals surface area (Å²) in [5.74, 6) is 0.653. The molecule has 0 aliphatic heterocycles. The maximum Gasteiger partial charge on any atom is 0.123 e. The lowest BCUT2D eigenvalue weighted by atomic mass is 9.92. The zero-order chi connectivity index (χ0) is 11.4. The molecule has 0 aromatic heterocycles. The highest BCUT2D eigenvalue weighted by Gasteiger charge is 2.23. The van der Waals surface area contributed by atoms with E-state index in [2.05, 4.69) is 5.32 Å². The smallest absolute Gasteiger partial charge is 0.123 e. The molecule has 1 aromatic carbocycles. The Bertz CT molecular complexity index is 314. The Morgan fingerprint density at radius 2 is 1.88 bits per heavy atom. The molecule has 1 atom stereocenters. The van der Waals surface area contributed by atoms with Crippen molar-refractivity contribution < 1.29 is 4.39 Å². The average molecular weight is 221 g/mol. The number of nitrogens with one attached hydrogen (secondary N) is 1. The second-order valence-corrected chi connectivity index (χ2v) is 4.77. The Morgan fingerprint density at radius 3 is 2.44 bits per heavy atom. The molecular formula is C14H20FN. The van der Waals surface area contributed by atoms with Crippen LogP contribution in [0, 0.1) is 11.7 Å². The van der Waals surface area contributed by atoms with Crippen LogP contribution in [0.15, 0.2) is 24.3 Å². The molecule has 16 heavy (non-hydrogen) atoms. The van der Waals surface area contributed by atoms with Gasteiger partial charge < -0.3 is 5.32 Å². The van der Waals surface area contributed by atoms with Crippen LogP contribution in [0.1, 0.15) is 31.2 Å². The summed E-state index contributed by atoms with van der Waals surface area (Å²) < 4.78 is 12.8. The van der Waals surface area contributed by atoms with Crippen LogP contribution in [0.3, 0.4) is 0 Å². The molecule has 1 aromatic rings. The first-order valence-corrected chi connectivity index (χ1v) is 6.21. The summed E-state index contributed by atoms with van der Waals surface area (Å²) in [6, 6.07) is 7.45. The fraction of sp³-hybridized carbons (Fsp3) is 0.571. The van der Waals surface area contributed by atoms with Crippen molar-refractivity contribution in [1.82, 2.24) is 5.32 Å². The van der Waals surface area contributed by atoms with Gasteiger partial charge in [-0.05, 0) is 49.9 Å². The van der Waals surface area contributed by atoms with E-state index >= 15 is 0 Å². The molecule has 2 rings (SSSR count). The standard InChI is InChI=1S/C14H20FN/c1-16-14(12-4-2-3-5-12)10-11-6-8-13(15)9-7-11/h6-9,12,14,16H,2-5,10H2,1H3. The van der Waals surface area contributed by atoms with Gasteiger partial charge in [0, 0.05) is 6.04 Å². The highest BCUT2D eigenvalue weighted by Crippen LogP contribution is 2.29. The van der Waals surface area contributed by atoms with E-state index in [4.69, 9.17) is 0 Å². The van der Waals surface area contributed by atoms with Crippen molar-refractivity contribution in [2.75, 3.05) is 7.05 Å². The lowest BCUT2D eigenvalue weighted by molar-refractivity contribution is 0.377. The predicted octanol–water partition coefficient (Wildman–Crippen LogP) is 3.15. The number of hydrogen-bond acceptors (Lipinski definition) is 1. The predicted molar refractivity (Wildman–Crippen MR) is 64.9 cm³/mol. The first-order chi connectivity index (χ1) is 7.79. The molecule has 0 amide bonds. The van der Waals surface area contributed by atoms with Gasteiger partial charge in [-0.3, -0.25) is 0 Å². The molecule has 0 radical (unpaired) electrons. The summed E-state index contributed by atoms with van der Waals surface area (Å²) in [4.78, 5) is 0. The lowest BCUT2D eigenvalue weighted by Crippen LogP contribution is -2.34. The van der Waals surface area contributed by atoms with Crippen LogP contribution in [0.25, 0.3) is 0 Å². The Morgan fingerprint density at radius 1 is 1.25 bits per heavy atom. The van der Waals surface area contributed by atoms with Crippen molar-refractivity contribution in [3.63, 3.8) is 0 Å². The van der Waals surface area contributed by atoms with Crippen LogP contribution >= 0.6 is 0 Å². The maximum atomic E-state index is 12.8. The quantitative estimate of drug-likeness (QED) is 0.823. The second-order valence-electron chi connectivity index (χ2n) is 4.77. The number of rotatable bonds is 4. The minimum Gasteiger partial charge on any atom is -0.316 e. The van der Waals surface area contributed by atoms with E-state index in [0.717, 1.165) is 12.3 Å². The molecule has 1 unspecified atom stereocenters. The average Bonchev–Trinajstić information content (AvgIpc) is 2.82. The minimum absolute atomic E-state index is 0.148. The van der Waals surface area contributed by atoms with Crippen molar-refractivity contribution in [2.24, 2.45) is 5.92 Å². The number of benzene rings is 1. The summed E-state index contributed by atoms with van der Waals surface area (Å²) in [5, 5.41) is 3.41. The van der Waals surface area contributed by atoms with E-state index < -0.39 is 0 Å². The molecule has 1 nitrogen and oxygen atoms in total. The van der Waals surface area contributed by atoms with Crippen molar-refractivity contribution in [1.29, 1.82) is 0 Å². The van der Waals surface area contributed by atoms with E-state index in [1.807, 2.05) is 19.2 Å². The lowest BCUT2D eigenvalue weighted by Gasteiger charge is -2.23. The van der Waals surface area contributed by atoms with Gasteiger partial charge in [0.15, 0.2) is 0 Å². The van der Waals surface area contributed by atoms with Gasteiger partial charge in [0.05, 0.1) is 0 Å². The van der Waals surface area contributed by atoms with Gasteiger partial charge in [-0.2, -0.15) is 0 Å². The zero-order valence-electron chi connectivity index (χ0n) is 9.88. The number of hydrogen-bond donors (Lipinski definition) is 1. The number of likely N-dealkylation sites (N-methyl/N-ethyl adjacent to an activating group) is 1. The molecular weight excluding hydrogens is 201 g/mol. The summed E-state index contributed by atoms with van der Waals surface area (Å²) >= 11 is 0. The Kier molecular flexibility index (Phi) is 3.94. The molecule has 0 bridgehead atoms. The summed E-state index contributed by atoms with van der Waals surface area (Å²) in [7, 11) is 2.03. The minimum atomic E-state index is -0.148.